The summed E-state index contributed by atoms with van der Waals surface area (Å²) in [6, 6.07) is 7.65. The van der Waals surface area contributed by atoms with E-state index in [-0.39, 0.29) is 0 Å². The van der Waals surface area contributed by atoms with Crippen molar-refractivity contribution >= 4 is 11.6 Å². The van der Waals surface area contributed by atoms with Crippen molar-refractivity contribution in [1.82, 2.24) is 9.78 Å². The third-order valence-electron chi connectivity index (χ3n) is 2.45. The summed E-state index contributed by atoms with van der Waals surface area (Å²) < 4.78 is 6.94. The Balaban J connectivity index is 2.52. The van der Waals surface area contributed by atoms with Crippen molar-refractivity contribution in [3.05, 3.63) is 35.0 Å². The first kappa shape index (κ1) is 11.0. The van der Waals surface area contributed by atoms with Crippen molar-refractivity contribution in [3.63, 3.8) is 0 Å². The van der Waals surface area contributed by atoms with Crippen LogP contribution in [0.25, 0.3) is 11.3 Å². The van der Waals surface area contributed by atoms with E-state index in [0.29, 0.717) is 5.02 Å². The number of hydrogen-bond donors (Lipinski definition) is 0. The minimum absolute atomic E-state index is 0.669. The van der Waals surface area contributed by atoms with Gasteiger partial charge < -0.3 is 4.74 Å². The maximum atomic E-state index is 6.20. The normalized spacial score (nSPS) is 10.5. The molecule has 2 aromatic rings. The quantitative estimate of drug-likeness (QED) is 0.801. The van der Waals surface area contributed by atoms with Gasteiger partial charge in [0.15, 0.2) is 0 Å². The molecule has 0 amide bonds. The van der Waals surface area contributed by atoms with Crippen LogP contribution in [0, 0.1) is 6.92 Å². The van der Waals surface area contributed by atoms with Gasteiger partial charge in [0.25, 0.3) is 0 Å². The van der Waals surface area contributed by atoms with E-state index >= 15 is 0 Å². The third-order valence-corrected chi connectivity index (χ3v) is 2.77. The van der Waals surface area contributed by atoms with E-state index in [1.807, 2.05) is 36.9 Å². The van der Waals surface area contributed by atoms with Crippen LogP contribution in [0.1, 0.15) is 5.69 Å². The monoisotopic (exact) mass is 236 g/mol. The van der Waals surface area contributed by atoms with Gasteiger partial charge in [0.05, 0.1) is 23.5 Å². The Morgan fingerprint density at radius 1 is 1.31 bits per heavy atom. The summed E-state index contributed by atoms with van der Waals surface area (Å²) in [6.07, 6.45) is 0. The van der Waals surface area contributed by atoms with Crippen molar-refractivity contribution in [1.29, 1.82) is 0 Å². The second kappa shape index (κ2) is 4.18. The van der Waals surface area contributed by atoms with Crippen LogP contribution >= 0.6 is 11.6 Å². The Hall–Kier alpha value is -1.48. The average molecular weight is 237 g/mol. The van der Waals surface area contributed by atoms with Gasteiger partial charge in [0.2, 0.25) is 0 Å². The lowest BCUT2D eigenvalue weighted by atomic mass is 10.1. The second-order valence-electron chi connectivity index (χ2n) is 3.64. The molecule has 0 N–H and O–H groups in total. The van der Waals surface area contributed by atoms with E-state index in [1.165, 1.54) is 0 Å². The van der Waals surface area contributed by atoms with E-state index in [4.69, 9.17) is 16.3 Å². The molecule has 0 saturated heterocycles. The molecule has 1 aromatic heterocycles. The summed E-state index contributed by atoms with van der Waals surface area (Å²) in [5.41, 5.74) is 2.94. The van der Waals surface area contributed by atoms with Gasteiger partial charge in [-0.25, -0.2) is 0 Å². The molecule has 84 valence electrons. The van der Waals surface area contributed by atoms with Gasteiger partial charge in [-0.2, -0.15) is 5.10 Å². The van der Waals surface area contributed by atoms with Crippen molar-refractivity contribution < 1.29 is 4.74 Å². The highest BCUT2D eigenvalue weighted by molar-refractivity contribution is 6.33. The average Bonchev–Trinajstić information content (AvgIpc) is 2.57. The number of hydrogen-bond acceptors (Lipinski definition) is 2. The molecule has 0 aliphatic heterocycles. The number of rotatable bonds is 2. The molecule has 0 aliphatic rings. The summed E-state index contributed by atoms with van der Waals surface area (Å²) >= 11 is 6.20. The molecule has 2 rings (SSSR count). The zero-order valence-corrected chi connectivity index (χ0v) is 10.2. The Morgan fingerprint density at radius 2 is 2.06 bits per heavy atom. The minimum atomic E-state index is 0.669. The van der Waals surface area contributed by atoms with E-state index in [2.05, 4.69) is 5.10 Å². The van der Waals surface area contributed by atoms with Crippen LogP contribution in [-0.4, -0.2) is 16.9 Å². The third kappa shape index (κ3) is 1.91. The molecule has 16 heavy (non-hydrogen) atoms. The number of aromatic nitrogens is 2. The molecule has 1 aromatic carbocycles. The first-order valence-electron chi connectivity index (χ1n) is 4.96. The van der Waals surface area contributed by atoms with E-state index in [0.717, 1.165) is 22.7 Å². The first-order chi connectivity index (χ1) is 7.61. The van der Waals surface area contributed by atoms with Gasteiger partial charge in [-0.3, -0.25) is 4.68 Å². The maximum absolute atomic E-state index is 6.20. The van der Waals surface area contributed by atoms with Crippen LogP contribution < -0.4 is 4.74 Å². The van der Waals surface area contributed by atoms with Crippen molar-refractivity contribution in [2.24, 2.45) is 7.05 Å². The predicted octanol–water partition coefficient (Wildman–Crippen LogP) is 3.06. The van der Waals surface area contributed by atoms with Crippen LogP contribution in [0.3, 0.4) is 0 Å². The van der Waals surface area contributed by atoms with Gasteiger partial charge in [-0.1, -0.05) is 11.6 Å². The number of benzene rings is 1. The fourth-order valence-electron chi connectivity index (χ4n) is 1.69. The molecule has 0 atom stereocenters. The second-order valence-corrected chi connectivity index (χ2v) is 4.05. The SMILES string of the molecule is COc1ccc(-c2cc(C)nn2C)c(Cl)c1. The van der Waals surface area contributed by atoms with Crippen molar-refractivity contribution in [2.75, 3.05) is 7.11 Å². The molecule has 0 unspecified atom stereocenters. The minimum Gasteiger partial charge on any atom is -0.497 e. The highest BCUT2D eigenvalue weighted by Gasteiger charge is 2.09. The topological polar surface area (TPSA) is 27.1 Å². The smallest absolute Gasteiger partial charge is 0.120 e. The predicted molar refractivity (Wildman–Crippen MR) is 64.9 cm³/mol. The fourth-order valence-corrected chi connectivity index (χ4v) is 1.96. The molecule has 0 fully saturated rings. The molecular weight excluding hydrogens is 224 g/mol. The number of aryl methyl sites for hydroxylation is 2. The molecule has 1 heterocycles. The number of methoxy groups -OCH3 is 1. The molecular formula is C12H13ClN2O. The number of ether oxygens (including phenoxy) is 1. The van der Waals surface area contributed by atoms with E-state index in [1.54, 1.807) is 13.2 Å². The highest BCUT2D eigenvalue weighted by Crippen LogP contribution is 2.31. The van der Waals surface area contributed by atoms with Gasteiger partial charge >= 0.3 is 0 Å². The first-order valence-corrected chi connectivity index (χ1v) is 5.34. The van der Waals surface area contributed by atoms with Crippen LogP contribution in [0.5, 0.6) is 5.75 Å². The van der Waals surface area contributed by atoms with E-state index in [9.17, 15) is 0 Å². The van der Waals surface area contributed by atoms with Crippen LogP contribution in [0.2, 0.25) is 5.02 Å². The lowest BCUT2D eigenvalue weighted by molar-refractivity contribution is 0.415. The number of nitrogens with zero attached hydrogens (tertiary/aromatic N) is 2. The van der Waals surface area contributed by atoms with Crippen molar-refractivity contribution in [3.8, 4) is 17.0 Å². The molecule has 0 aliphatic carbocycles. The molecule has 4 heteroatoms. The summed E-state index contributed by atoms with van der Waals surface area (Å²) in [4.78, 5) is 0. The van der Waals surface area contributed by atoms with Gasteiger partial charge in [-0.05, 0) is 31.2 Å². The standard InChI is InChI=1S/C12H13ClN2O/c1-8-6-12(15(2)14-8)10-5-4-9(16-3)7-11(10)13/h4-7H,1-3H3. The van der Waals surface area contributed by atoms with Crippen molar-refractivity contribution in [2.45, 2.75) is 6.92 Å². The molecule has 3 nitrogen and oxygen atoms in total. The molecule has 0 radical (unpaired) electrons. The summed E-state index contributed by atoms with van der Waals surface area (Å²) in [6.45, 7) is 1.96. The largest absolute Gasteiger partial charge is 0.497 e. The zero-order chi connectivity index (χ0) is 11.7. The summed E-state index contributed by atoms with van der Waals surface area (Å²) in [5, 5.41) is 4.97. The van der Waals surface area contributed by atoms with Crippen LogP contribution in [0.4, 0.5) is 0 Å². The lowest BCUT2D eigenvalue weighted by Gasteiger charge is -2.06. The Labute approximate surface area is 99.6 Å². The van der Waals surface area contributed by atoms with Crippen LogP contribution in [0.15, 0.2) is 24.3 Å². The molecule has 0 saturated carbocycles. The molecule has 0 bridgehead atoms. The Kier molecular flexibility index (Phi) is 2.88. The van der Waals surface area contributed by atoms with Gasteiger partial charge in [-0.15, -0.1) is 0 Å². The van der Waals surface area contributed by atoms with E-state index < -0.39 is 0 Å². The zero-order valence-electron chi connectivity index (χ0n) is 9.49. The number of halogens is 1. The van der Waals surface area contributed by atoms with Gasteiger partial charge in [0, 0.05) is 12.6 Å². The highest BCUT2D eigenvalue weighted by atomic mass is 35.5. The Bertz CT molecular complexity index is 520. The molecule has 0 spiro atoms. The summed E-state index contributed by atoms with van der Waals surface area (Å²) in [5.74, 6) is 0.757. The fraction of sp³-hybridized carbons (Fsp3) is 0.250. The Morgan fingerprint density at radius 3 is 2.56 bits per heavy atom. The lowest BCUT2D eigenvalue weighted by Crippen LogP contribution is -1.94. The van der Waals surface area contributed by atoms with Crippen LogP contribution in [-0.2, 0) is 7.05 Å². The maximum Gasteiger partial charge on any atom is 0.120 e. The van der Waals surface area contributed by atoms with Gasteiger partial charge in [0.1, 0.15) is 5.75 Å². The summed E-state index contributed by atoms with van der Waals surface area (Å²) in [7, 11) is 3.53.